The molecule has 8 heteroatoms. The number of carbonyl (C=O) groups excluding carboxylic acids is 2. The smallest absolute Gasteiger partial charge is 0.326 e. The zero-order valence-electron chi connectivity index (χ0n) is 21.6. The van der Waals surface area contributed by atoms with Crippen molar-refractivity contribution in [3.05, 3.63) is 54.4 Å². The maximum absolute atomic E-state index is 12.4. The molecule has 0 saturated heterocycles. The normalized spacial score (nSPS) is 14.8. The van der Waals surface area contributed by atoms with Crippen molar-refractivity contribution < 1.29 is 19.1 Å². The summed E-state index contributed by atoms with van der Waals surface area (Å²) in [6.07, 6.45) is 3.17. The van der Waals surface area contributed by atoms with Crippen molar-refractivity contribution in [2.24, 2.45) is 0 Å². The lowest BCUT2D eigenvalue weighted by Crippen LogP contribution is -2.40. The number of aryl methyl sites for hydroxylation is 1. The second kappa shape index (κ2) is 11.5. The fraction of sp³-hybridized carbons (Fsp3) is 0.464. The summed E-state index contributed by atoms with van der Waals surface area (Å²) in [5, 5.41) is 3.56. The van der Waals surface area contributed by atoms with Crippen molar-refractivity contribution in [3.63, 3.8) is 0 Å². The first-order valence-corrected chi connectivity index (χ1v) is 12.8. The lowest BCUT2D eigenvalue weighted by atomic mass is 10.1. The summed E-state index contributed by atoms with van der Waals surface area (Å²) >= 11 is 0. The quantitative estimate of drug-likeness (QED) is 0.301. The fourth-order valence-corrected chi connectivity index (χ4v) is 4.68. The Bertz CT molecular complexity index is 1200. The van der Waals surface area contributed by atoms with Crippen molar-refractivity contribution in [1.29, 1.82) is 0 Å². The van der Waals surface area contributed by atoms with Crippen LogP contribution in [0.4, 0.5) is 11.4 Å². The SMILES string of the molecule is CC(C)OC(=O)CN1c2ccccc2N[C@H]1CCCCc1nc2ccccc2n1CC(=O)OC(C)C. The van der Waals surface area contributed by atoms with Crippen LogP contribution < -0.4 is 10.2 Å². The van der Waals surface area contributed by atoms with Gasteiger partial charge in [-0.1, -0.05) is 24.3 Å². The van der Waals surface area contributed by atoms with E-state index in [-0.39, 0.29) is 43.4 Å². The van der Waals surface area contributed by atoms with Gasteiger partial charge in [0.25, 0.3) is 0 Å². The van der Waals surface area contributed by atoms with E-state index >= 15 is 0 Å². The molecule has 1 aliphatic heterocycles. The summed E-state index contributed by atoms with van der Waals surface area (Å²) in [6, 6.07) is 15.9. The van der Waals surface area contributed by atoms with E-state index < -0.39 is 0 Å². The van der Waals surface area contributed by atoms with Gasteiger partial charge in [-0.15, -0.1) is 0 Å². The molecule has 0 aliphatic carbocycles. The molecule has 2 heterocycles. The number of nitrogens with one attached hydrogen (secondary N) is 1. The highest BCUT2D eigenvalue weighted by atomic mass is 16.5. The van der Waals surface area contributed by atoms with E-state index in [1.807, 2.05) is 80.8 Å². The maximum atomic E-state index is 12.4. The van der Waals surface area contributed by atoms with Crippen molar-refractivity contribution in [2.45, 2.75) is 78.3 Å². The first-order valence-electron chi connectivity index (χ1n) is 12.8. The van der Waals surface area contributed by atoms with Gasteiger partial charge in [0.05, 0.1) is 40.8 Å². The molecule has 0 unspecified atom stereocenters. The summed E-state index contributed by atoms with van der Waals surface area (Å²) in [7, 11) is 0. The molecule has 1 aromatic heterocycles. The Balaban J connectivity index is 1.40. The van der Waals surface area contributed by atoms with Gasteiger partial charge < -0.3 is 24.3 Å². The van der Waals surface area contributed by atoms with Crippen LogP contribution >= 0.6 is 0 Å². The van der Waals surface area contributed by atoms with Crippen molar-refractivity contribution in [2.75, 3.05) is 16.8 Å². The number of fused-ring (bicyclic) bond motifs is 2. The number of benzene rings is 2. The summed E-state index contributed by atoms with van der Waals surface area (Å²) in [6.45, 7) is 7.79. The Morgan fingerprint density at radius 1 is 0.917 bits per heavy atom. The third-order valence-corrected chi connectivity index (χ3v) is 6.09. The average molecular weight is 493 g/mol. The van der Waals surface area contributed by atoms with Crippen LogP contribution in [0.25, 0.3) is 11.0 Å². The maximum Gasteiger partial charge on any atom is 0.326 e. The average Bonchev–Trinajstić information content (AvgIpc) is 3.33. The van der Waals surface area contributed by atoms with Gasteiger partial charge in [0.15, 0.2) is 0 Å². The Morgan fingerprint density at radius 3 is 2.33 bits per heavy atom. The van der Waals surface area contributed by atoms with Crippen LogP contribution in [-0.2, 0) is 32.0 Å². The van der Waals surface area contributed by atoms with Gasteiger partial charge in [-0.05, 0) is 71.2 Å². The predicted molar refractivity (Wildman–Crippen MR) is 141 cm³/mol. The highest BCUT2D eigenvalue weighted by Crippen LogP contribution is 2.35. The molecule has 0 saturated carbocycles. The predicted octanol–water partition coefficient (Wildman–Crippen LogP) is 4.91. The molecule has 192 valence electrons. The van der Waals surface area contributed by atoms with Crippen molar-refractivity contribution in [3.8, 4) is 0 Å². The summed E-state index contributed by atoms with van der Waals surface area (Å²) in [5.74, 6) is 0.402. The van der Waals surface area contributed by atoms with E-state index in [2.05, 4.69) is 10.2 Å². The van der Waals surface area contributed by atoms with Gasteiger partial charge in [-0.2, -0.15) is 0 Å². The first-order chi connectivity index (χ1) is 17.3. The van der Waals surface area contributed by atoms with Gasteiger partial charge in [-0.25, -0.2) is 4.98 Å². The number of rotatable bonds is 11. The van der Waals surface area contributed by atoms with E-state index in [9.17, 15) is 9.59 Å². The second-order valence-electron chi connectivity index (χ2n) is 9.73. The molecule has 3 aromatic rings. The number of unbranched alkanes of at least 4 members (excludes halogenated alkanes) is 1. The molecule has 1 atom stereocenters. The number of anilines is 2. The Kier molecular flexibility index (Phi) is 8.13. The molecule has 0 amide bonds. The second-order valence-corrected chi connectivity index (χ2v) is 9.73. The van der Waals surface area contributed by atoms with Gasteiger partial charge >= 0.3 is 11.9 Å². The van der Waals surface area contributed by atoms with Crippen molar-refractivity contribution >= 4 is 34.3 Å². The molecule has 1 aliphatic rings. The lowest BCUT2D eigenvalue weighted by molar-refractivity contribution is -0.148. The molecule has 4 rings (SSSR count). The van der Waals surface area contributed by atoms with E-state index in [4.69, 9.17) is 14.5 Å². The summed E-state index contributed by atoms with van der Waals surface area (Å²) in [4.78, 5) is 31.7. The van der Waals surface area contributed by atoms with E-state index in [1.165, 1.54) is 0 Å². The fourth-order valence-electron chi connectivity index (χ4n) is 4.68. The molecular formula is C28H36N4O4. The number of ether oxygens (including phenoxy) is 2. The van der Waals surface area contributed by atoms with Crippen molar-refractivity contribution in [1.82, 2.24) is 9.55 Å². The standard InChI is InChI=1S/C28H36N4O4/c1-19(2)35-27(33)17-31-23-13-7-5-11-21(23)29-25(31)15-9-10-16-26-30-22-12-6-8-14-24(22)32(26)18-28(34)36-20(3)4/h5-8,11-14,19-20,25,29H,9-10,15-18H2,1-4H3/t25-/m1/s1. The first kappa shape index (κ1) is 25.5. The zero-order chi connectivity index (χ0) is 25.7. The van der Waals surface area contributed by atoms with Crippen LogP contribution in [0.1, 0.15) is 52.8 Å². The zero-order valence-corrected chi connectivity index (χ0v) is 21.6. The van der Waals surface area contributed by atoms with Gasteiger partial charge in [0.2, 0.25) is 0 Å². The Hall–Kier alpha value is -3.55. The number of hydrogen-bond acceptors (Lipinski definition) is 7. The molecular weight excluding hydrogens is 456 g/mol. The number of carbonyl (C=O) groups is 2. The molecule has 0 fully saturated rings. The van der Waals surface area contributed by atoms with Gasteiger partial charge in [0, 0.05) is 6.42 Å². The summed E-state index contributed by atoms with van der Waals surface area (Å²) in [5.41, 5.74) is 3.88. The van der Waals surface area contributed by atoms with Gasteiger partial charge in [0.1, 0.15) is 18.9 Å². The monoisotopic (exact) mass is 492 g/mol. The minimum Gasteiger partial charge on any atom is -0.462 e. The van der Waals surface area contributed by atoms with Crippen LogP contribution in [0.5, 0.6) is 0 Å². The topological polar surface area (TPSA) is 85.7 Å². The van der Waals surface area contributed by atoms with E-state index in [1.54, 1.807) is 0 Å². The molecule has 36 heavy (non-hydrogen) atoms. The van der Waals surface area contributed by atoms with Gasteiger partial charge in [-0.3, -0.25) is 9.59 Å². The number of para-hydroxylation sites is 4. The summed E-state index contributed by atoms with van der Waals surface area (Å²) < 4.78 is 12.7. The van der Waals surface area contributed by atoms with Crippen LogP contribution in [0.2, 0.25) is 0 Å². The molecule has 0 radical (unpaired) electrons. The third-order valence-electron chi connectivity index (χ3n) is 6.09. The minimum atomic E-state index is -0.258. The van der Waals surface area contributed by atoms with Crippen LogP contribution in [0.3, 0.4) is 0 Å². The number of esters is 2. The number of imidazole rings is 1. The highest BCUT2D eigenvalue weighted by molar-refractivity contribution is 5.83. The number of aromatic nitrogens is 2. The number of hydrogen-bond donors (Lipinski definition) is 1. The lowest BCUT2D eigenvalue weighted by Gasteiger charge is -2.26. The largest absolute Gasteiger partial charge is 0.462 e. The minimum absolute atomic E-state index is 0.0157. The van der Waals surface area contributed by atoms with Crippen LogP contribution in [-0.4, -0.2) is 46.4 Å². The molecule has 8 nitrogen and oxygen atoms in total. The Labute approximate surface area is 212 Å². The number of nitrogens with zero attached hydrogens (tertiary/aromatic N) is 3. The van der Waals surface area contributed by atoms with E-state index in [0.29, 0.717) is 0 Å². The Morgan fingerprint density at radius 2 is 1.58 bits per heavy atom. The van der Waals surface area contributed by atoms with Crippen LogP contribution in [0, 0.1) is 0 Å². The molecule has 1 N–H and O–H groups in total. The third kappa shape index (κ3) is 6.17. The van der Waals surface area contributed by atoms with E-state index in [0.717, 1.165) is 53.9 Å². The highest BCUT2D eigenvalue weighted by Gasteiger charge is 2.30. The molecule has 2 aromatic carbocycles. The molecule has 0 bridgehead atoms. The van der Waals surface area contributed by atoms with Crippen LogP contribution in [0.15, 0.2) is 48.5 Å². The molecule has 0 spiro atoms.